The van der Waals surface area contributed by atoms with Crippen LogP contribution in [-0.4, -0.2) is 18.1 Å². The van der Waals surface area contributed by atoms with Crippen molar-refractivity contribution in [3.05, 3.63) is 51.7 Å². The lowest BCUT2D eigenvalue weighted by Crippen LogP contribution is -2.18. The van der Waals surface area contributed by atoms with E-state index in [4.69, 9.17) is 10.9 Å². The maximum atomic E-state index is 8.68. The second-order valence-electron chi connectivity index (χ2n) is 4.42. The van der Waals surface area contributed by atoms with Gasteiger partial charge in [0, 0.05) is 23.2 Å². The van der Waals surface area contributed by atoms with Crippen LogP contribution in [0.15, 0.2) is 40.9 Å². The number of nitrogens with two attached hydrogens (primary N) is 1. The van der Waals surface area contributed by atoms with Crippen molar-refractivity contribution in [2.45, 2.75) is 13.5 Å². The summed E-state index contributed by atoms with van der Waals surface area (Å²) in [5, 5.41) is 13.8. The van der Waals surface area contributed by atoms with Gasteiger partial charge in [-0.25, -0.2) is 0 Å². The molecule has 0 aliphatic heterocycles. The SMILES string of the molecule is Cc1cc(/C(N)=N/O)ccc1N(C)Cc1cccs1. The smallest absolute Gasteiger partial charge is 0.170 e. The van der Waals surface area contributed by atoms with E-state index in [1.165, 1.54) is 4.88 Å². The summed E-state index contributed by atoms with van der Waals surface area (Å²) in [6.07, 6.45) is 0. The lowest BCUT2D eigenvalue weighted by atomic mass is 10.1. The van der Waals surface area contributed by atoms with E-state index in [0.29, 0.717) is 0 Å². The van der Waals surface area contributed by atoms with Gasteiger partial charge in [-0.2, -0.15) is 0 Å². The van der Waals surface area contributed by atoms with E-state index in [0.717, 1.165) is 23.4 Å². The number of thiophene rings is 1. The Hall–Kier alpha value is -2.01. The first-order chi connectivity index (χ1) is 9.11. The average molecular weight is 275 g/mol. The molecular formula is C14H17N3OS. The van der Waals surface area contributed by atoms with Crippen LogP contribution in [0.25, 0.3) is 0 Å². The fraction of sp³-hybridized carbons (Fsp3) is 0.214. The standard InChI is InChI=1S/C14H17N3OS/c1-10-8-11(14(15)16-18)5-6-13(10)17(2)9-12-4-3-7-19-12/h3-8,18H,9H2,1-2H3,(H2,15,16). The van der Waals surface area contributed by atoms with E-state index in [-0.39, 0.29) is 5.84 Å². The normalized spacial score (nSPS) is 11.6. The summed E-state index contributed by atoms with van der Waals surface area (Å²) in [5.74, 6) is 0.135. The Morgan fingerprint density at radius 2 is 2.21 bits per heavy atom. The minimum atomic E-state index is 0.135. The summed E-state index contributed by atoms with van der Waals surface area (Å²) in [5.41, 5.74) is 8.56. The molecule has 19 heavy (non-hydrogen) atoms. The largest absolute Gasteiger partial charge is 0.409 e. The van der Waals surface area contributed by atoms with E-state index in [2.05, 4.69) is 34.6 Å². The Bertz CT molecular complexity index is 578. The minimum absolute atomic E-state index is 0.135. The van der Waals surface area contributed by atoms with Crippen LogP contribution in [0.3, 0.4) is 0 Å². The highest BCUT2D eigenvalue weighted by molar-refractivity contribution is 7.09. The van der Waals surface area contributed by atoms with Gasteiger partial charge in [0.05, 0.1) is 6.54 Å². The topological polar surface area (TPSA) is 61.9 Å². The van der Waals surface area contributed by atoms with Crippen molar-refractivity contribution < 1.29 is 5.21 Å². The molecule has 5 heteroatoms. The lowest BCUT2D eigenvalue weighted by molar-refractivity contribution is 0.318. The monoisotopic (exact) mass is 275 g/mol. The number of aryl methyl sites for hydroxylation is 1. The quantitative estimate of drug-likeness (QED) is 0.390. The van der Waals surface area contributed by atoms with Gasteiger partial charge in [0.1, 0.15) is 0 Å². The van der Waals surface area contributed by atoms with Crippen LogP contribution in [0, 0.1) is 6.92 Å². The fourth-order valence-corrected chi connectivity index (χ4v) is 2.78. The van der Waals surface area contributed by atoms with Gasteiger partial charge in [0.25, 0.3) is 0 Å². The molecule has 2 aromatic rings. The van der Waals surface area contributed by atoms with Crippen molar-refractivity contribution in [3.8, 4) is 0 Å². The van der Waals surface area contributed by atoms with Crippen LogP contribution < -0.4 is 10.6 Å². The van der Waals surface area contributed by atoms with Crippen LogP contribution in [0.4, 0.5) is 5.69 Å². The van der Waals surface area contributed by atoms with Gasteiger partial charge in [0.15, 0.2) is 5.84 Å². The molecule has 4 nitrogen and oxygen atoms in total. The minimum Gasteiger partial charge on any atom is -0.409 e. The molecule has 0 fully saturated rings. The molecule has 0 amide bonds. The Balaban J connectivity index is 2.21. The molecule has 0 aliphatic rings. The van der Waals surface area contributed by atoms with Crippen LogP contribution in [0.2, 0.25) is 0 Å². The molecule has 0 spiro atoms. The first-order valence-electron chi connectivity index (χ1n) is 5.94. The van der Waals surface area contributed by atoms with Gasteiger partial charge in [-0.1, -0.05) is 11.2 Å². The van der Waals surface area contributed by atoms with Crippen molar-refractivity contribution >= 4 is 22.9 Å². The van der Waals surface area contributed by atoms with E-state index in [1.54, 1.807) is 11.3 Å². The Morgan fingerprint density at radius 1 is 1.42 bits per heavy atom. The second-order valence-corrected chi connectivity index (χ2v) is 5.45. The third kappa shape index (κ3) is 3.06. The molecule has 100 valence electrons. The zero-order valence-corrected chi connectivity index (χ0v) is 11.8. The molecule has 0 atom stereocenters. The number of anilines is 1. The molecule has 0 aliphatic carbocycles. The molecule has 3 N–H and O–H groups in total. The van der Waals surface area contributed by atoms with Gasteiger partial charge in [0.2, 0.25) is 0 Å². The van der Waals surface area contributed by atoms with Crippen LogP contribution in [0.1, 0.15) is 16.0 Å². The van der Waals surface area contributed by atoms with Gasteiger partial charge in [-0.3, -0.25) is 0 Å². The zero-order chi connectivity index (χ0) is 13.8. The number of hydrogen-bond acceptors (Lipinski definition) is 4. The van der Waals surface area contributed by atoms with E-state index in [9.17, 15) is 0 Å². The van der Waals surface area contributed by atoms with E-state index >= 15 is 0 Å². The van der Waals surface area contributed by atoms with Crippen LogP contribution >= 0.6 is 11.3 Å². The van der Waals surface area contributed by atoms with E-state index in [1.807, 2.05) is 25.1 Å². The number of benzene rings is 1. The third-order valence-electron chi connectivity index (χ3n) is 2.98. The highest BCUT2D eigenvalue weighted by atomic mass is 32.1. The van der Waals surface area contributed by atoms with Gasteiger partial charge < -0.3 is 15.8 Å². The molecule has 0 unspecified atom stereocenters. The second kappa shape index (κ2) is 5.75. The molecule has 2 rings (SSSR count). The number of nitrogens with zero attached hydrogens (tertiary/aromatic N) is 2. The highest BCUT2D eigenvalue weighted by Gasteiger charge is 2.08. The molecule has 1 heterocycles. The van der Waals surface area contributed by atoms with Crippen molar-refractivity contribution in [1.29, 1.82) is 0 Å². The predicted octanol–water partition coefficient (Wildman–Crippen LogP) is 2.79. The Morgan fingerprint density at radius 3 is 2.79 bits per heavy atom. The molecule has 0 radical (unpaired) electrons. The first kappa shape index (κ1) is 13.4. The average Bonchev–Trinajstić information content (AvgIpc) is 2.90. The summed E-state index contributed by atoms with van der Waals surface area (Å²) in [6, 6.07) is 9.97. The summed E-state index contributed by atoms with van der Waals surface area (Å²) in [7, 11) is 2.06. The highest BCUT2D eigenvalue weighted by Crippen LogP contribution is 2.23. The van der Waals surface area contributed by atoms with E-state index < -0.39 is 0 Å². The molecule has 0 bridgehead atoms. The number of amidine groups is 1. The molecule has 1 aromatic carbocycles. The molecule has 0 saturated heterocycles. The summed E-state index contributed by atoms with van der Waals surface area (Å²) < 4.78 is 0. The molecular weight excluding hydrogens is 258 g/mol. The molecule has 1 aromatic heterocycles. The number of hydrogen-bond donors (Lipinski definition) is 2. The molecule has 0 saturated carbocycles. The van der Waals surface area contributed by atoms with Gasteiger partial charge in [-0.15, -0.1) is 11.3 Å². The van der Waals surface area contributed by atoms with Crippen molar-refractivity contribution in [2.24, 2.45) is 10.9 Å². The Labute approximate surface area is 116 Å². The maximum Gasteiger partial charge on any atom is 0.170 e. The predicted molar refractivity (Wildman–Crippen MR) is 80.1 cm³/mol. The summed E-state index contributed by atoms with van der Waals surface area (Å²) >= 11 is 1.75. The van der Waals surface area contributed by atoms with Crippen LogP contribution in [0.5, 0.6) is 0 Å². The Kier molecular flexibility index (Phi) is 4.06. The summed E-state index contributed by atoms with van der Waals surface area (Å²) in [4.78, 5) is 3.51. The third-order valence-corrected chi connectivity index (χ3v) is 3.85. The van der Waals surface area contributed by atoms with Crippen molar-refractivity contribution in [3.63, 3.8) is 0 Å². The maximum absolute atomic E-state index is 8.68. The first-order valence-corrected chi connectivity index (χ1v) is 6.82. The van der Waals surface area contributed by atoms with Gasteiger partial charge >= 0.3 is 0 Å². The van der Waals surface area contributed by atoms with Crippen LogP contribution in [-0.2, 0) is 6.54 Å². The van der Waals surface area contributed by atoms with Crippen molar-refractivity contribution in [1.82, 2.24) is 0 Å². The summed E-state index contributed by atoms with van der Waals surface area (Å²) in [6.45, 7) is 2.90. The fourth-order valence-electron chi connectivity index (χ4n) is 2.02. The number of rotatable bonds is 4. The van der Waals surface area contributed by atoms with Gasteiger partial charge in [-0.05, 0) is 42.1 Å². The zero-order valence-electron chi connectivity index (χ0n) is 11.0. The van der Waals surface area contributed by atoms with Crippen molar-refractivity contribution in [2.75, 3.05) is 11.9 Å². The number of oxime groups is 1. The lowest BCUT2D eigenvalue weighted by Gasteiger charge is -2.21.